The Morgan fingerprint density at radius 3 is 2.76 bits per heavy atom. The second-order valence-corrected chi connectivity index (χ2v) is 6.88. The number of anilines is 1. The molecule has 1 aliphatic heterocycles. The minimum Gasteiger partial charge on any atom is -0.486 e. The van der Waals surface area contributed by atoms with Crippen molar-refractivity contribution in [1.82, 2.24) is 0 Å². The van der Waals surface area contributed by atoms with Gasteiger partial charge in [0.2, 0.25) is 0 Å². The number of hydrogen-bond acceptors (Lipinski definition) is 2. The highest BCUT2D eigenvalue weighted by Crippen LogP contribution is 2.41. The zero-order valence-corrected chi connectivity index (χ0v) is 13.3. The van der Waals surface area contributed by atoms with Crippen LogP contribution in [0.25, 0.3) is 0 Å². The van der Waals surface area contributed by atoms with Crippen LogP contribution in [0.15, 0.2) is 53.0 Å². The van der Waals surface area contributed by atoms with Crippen molar-refractivity contribution in [3.63, 3.8) is 0 Å². The maximum absolute atomic E-state index is 6.19. The molecule has 0 amide bonds. The molecule has 0 saturated heterocycles. The molecule has 1 N–H and O–H groups in total. The first kappa shape index (κ1) is 13.2. The third-order valence-corrected chi connectivity index (χ3v) is 5.11. The summed E-state index contributed by atoms with van der Waals surface area (Å²) in [6, 6.07) is 17.5. The van der Waals surface area contributed by atoms with E-state index in [-0.39, 0.29) is 0 Å². The van der Waals surface area contributed by atoms with E-state index in [0.717, 1.165) is 28.8 Å². The fraction of sp³-hybridized carbons (Fsp3) is 0.333. The van der Waals surface area contributed by atoms with Gasteiger partial charge in [0.15, 0.2) is 0 Å². The summed E-state index contributed by atoms with van der Waals surface area (Å²) in [4.78, 5) is 0. The van der Waals surface area contributed by atoms with Gasteiger partial charge in [-0.15, -0.1) is 0 Å². The van der Waals surface area contributed by atoms with Crippen molar-refractivity contribution in [2.45, 2.75) is 37.3 Å². The molecule has 3 unspecified atom stereocenters. The molecule has 2 aromatic carbocycles. The molecule has 2 aliphatic rings. The van der Waals surface area contributed by atoms with E-state index in [1.807, 2.05) is 12.1 Å². The lowest BCUT2D eigenvalue weighted by Crippen LogP contribution is -2.45. The van der Waals surface area contributed by atoms with Gasteiger partial charge in [-0.05, 0) is 48.9 Å². The van der Waals surface area contributed by atoms with E-state index in [1.165, 1.54) is 12.0 Å². The van der Waals surface area contributed by atoms with Crippen molar-refractivity contribution < 1.29 is 4.74 Å². The Balaban J connectivity index is 1.56. The Bertz CT molecular complexity index is 643. The number of fused-ring (bicyclic) bond motifs is 2. The lowest BCUT2D eigenvalue weighted by Gasteiger charge is -2.41. The van der Waals surface area contributed by atoms with Gasteiger partial charge in [0, 0.05) is 4.47 Å². The number of rotatable bonds is 1. The number of nitrogens with one attached hydrogen (secondary N) is 1. The molecule has 1 saturated carbocycles. The summed E-state index contributed by atoms with van der Waals surface area (Å²) in [5.74, 6) is 1.62. The van der Waals surface area contributed by atoms with Crippen LogP contribution in [0.3, 0.4) is 0 Å². The van der Waals surface area contributed by atoms with Crippen molar-refractivity contribution >= 4 is 21.6 Å². The first-order chi connectivity index (χ1) is 10.3. The zero-order valence-electron chi connectivity index (χ0n) is 11.8. The van der Waals surface area contributed by atoms with Crippen molar-refractivity contribution in [3.05, 3.63) is 58.6 Å². The van der Waals surface area contributed by atoms with Crippen molar-refractivity contribution in [1.29, 1.82) is 0 Å². The zero-order chi connectivity index (χ0) is 14.2. The lowest BCUT2D eigenvalue weighted by molar-refractivity contribution is 0.122. The maximum Gasteiger partial charge on any atom is 0.143 e. The van der Waals surface area contributed by atoms with Gasteiger partial charge in [0.05, 0.1) is 11.7 Å². The van der Waals surface area contributed by atoms with E-state index < -0.39 is 0 Å². The molecule has 0 radical (unpaired) electrons. The van der Waals surface area contributed by atoms with Crippen molar-refractivity contribution in [3.8, 4) is 5.75 Å². The fourth-order valence-electron chi connectivity index (χ4n) is 3.54. The topological polar surface area (TPSA) is 21.3 Å². The minimum absolute atomic E-state index is 0.304. The molecular weight excluding hydrogens is 326 g/mol. The summed E-state index contributed by atoms with van der Waals surface area (Å²) in [7, 11) is 0. The van der Waals surface area contributed by atoms with E-state index in [2.05, 4.69) is 57.6 Å². The van der Waals surface area contributed by atoms with E-state index in [0.29, 0.717) is 18.1 Å². The van der Waals surface area contributed by atoms with Crippen LogP contribution in [0.2, 0.25) is 0 Å². The van der Waals surface area contributed by atoms with Gasteiger partial charge in [0.1, 0.15) is 11.9 Å². The Morgan fingerprint density at radius 2 is 1.90 bits per heavy atom. The monoisotopic (exact) mass is 343 g/mol. The maximum atomic E-state index is 6.19. The highest BCUT2D eigenvalue weighted by atomic mass is 79.9. The standard InChI is InChI=1S/C18H18BrNO/c19-14-7-9-18-16(11-14)20-15-10-13(6-8-17(15)21-18)12-4-2-1-3-5-12/h1-5,7,9,11,13,15,17,20H,6,8,10H2. The third kappa shape index (κ3) is 2.55. The number of hydrogen-bond donors (Lipinski definition) is 1. The Labute approximate surface area is 133 Å². The minimum atomic E-state index is 0.304. The molecule has 2 aromatic rings. The Morgan fingerprint density at radius 1 is 1.05 bits per heavy atom. The summed E-state index contributed by atoms with van der Waals surface area (Å²) < 4.78 is 7.28. The van der Waals surface area contributed by atoms with Crippen LogP contribution in [0.1, 0.15) is 30.7 Å². The Hall–Kier alpha value is -1.48. The molecule has 1 aliphatic carbocycles. The summed E-state index contributed by atoms with van der Waals surface area (Å²) in [5.41, 5.74) is 2.57. The van der Waals surface area contributed by atoms with Crippen LogP contribution in [-0.4, -0.2) is 12.1 Å². The molecule has 2 nitrogen and oxygen atoms in total. The van der Waals surface area contributed by atoms with Crippen LogP contribution >= 0.6 is 15.9 Å². The van der Waals surface area contributed by atoms with Crippen LogP contribution < -0.4 is 10.1 Å². The number of halogens is 1. The molecule has 1 fully saturated rings. The van der Waals surface area contributed by atoms with Gasteiger partial charge in [-0.3, -0.25) is 0 Å². The fourth-order valence-corrected chi connectivity index (χ4v) is 3.91. The average Bonchev–Trinajstić information content (AvgIpc) is 2.53. The SMILES string of the molecule is Brc1ccc2c(c1)NC1CC(c3ccccc3)CCC1O2. The quantitative estimate of drug-likeness (QED) is 0.790. The largest absolute Gasteiger partial charge is 0.486 e. The van der Waals surface area contributed by atoms with E-state index in [1.54, 1.807) is 0 Å². The summed E-state index contributed by atoms with van der Waals surface area (Å²) in [6.07, 6.45) is 3.77. The Kier molecular flexibility index (Phi) is 3.38. The van der Waals surface area contributed by atoms with Gasteiger partial charge < -0.3 is 10.1 Å². The number of benzene rings is 2. The second kappa shape index (κ2) is 5.38. The summed E-state index contributed by atoms with van der Waals surface area (Å²) in [5, 5.41) is 3.68. The summed E-state index contributed by atoms with van der Waals surface area (Å²) >= 11 is 3.53. The van der Waals surface area contributed by atoms with Crippen LogP contribution in [-0.2, 0) is 0 Å². The molecule has 21 heavy (non-hydrogen) atoms. The van der Waals surface area contributed by atoms with Crippen molar-refractivity contribution in [2.24, 2.45) is 0 Å². The van der Waals surface area contributed by atoms with Gasteiger partial charge in [0.25, 0.3) is 0 Å². The van der Waals surface area contributed by atoms with Crippen molar-refractivity contribution in [2.75, 3.05) is 5.32 Å². The van der Waals surface area contributed by atoms with Crippen LogP contribution in [0.5, 0.6) is 5.75 Å². The predicted molar refractivity (Wildman–Crippen MR) is 89.0 cm³/mol. The van der Waals surface area contributed by atoms with Gasteiger partial charge in [-0.2, -0.15) is 0 Å². The van der Waals surface area contributed by atoms with E-state index >= 15 is 0 Å². The molecule has 3 atom stereocenters. The highest BCUT2D eigenvalue weighted by molar-refractivity contribution is 9.10. The first-order valence-corrected chi connectivity index (χ1v) is 8.36. The smallest absolute Gasteiger partial charge is 0.143 e. The third-order valence-electron chi connectivity index (χ3n) is 4.62. The molecule has 0 aromatic heterocycles. The molecule has 1 heterocycles. The van der Waals surface area contributed by atoms with Crippen LogP contribution in [0, 0.1) is 0 Å². The number of ether oxygens (including phenoxy) is 1. The van der Waals surface area contributed by atoms with E-state index in [4.69, 9.17) is 4.74 Å². The average molecular weight is 344 g/mol. The second-order valence-electron chi connectivity index (χ2n) is 5.97. The normalized spacial score (nSPS) is 27.0. The molecular formula is C18H18BrNO. The lowest BCUT2D eigenvalue weighted by atomic mass is 9.79. The van der Waals surface area contributed by atoms with E-state index in [9.17, 15) is 0 Å². The summed E-state index contributed by atoms with van der Waals surface area (Å²) in [6.45, 7) is 0. The van der Waals surface area contributed by atoms with Gasteiger partial charge in [-0.1, -0.05) is 46.3 Å². The van der Waals surface area contributed by atoms with Crippen LogP contribution in [0.4, 0.5) is 5.69 Å². The molecule has 4 rings (SSSR count). The van der Waals surface area contributed by atoms with Gasteiger partial charge >= 0.3 is 0 Å². The van der Waals surface area contributed by atoms with Gasteiger partial charge in [-0.25, -0.2) is 0 Å². The highest BCUT2D eigenvalue weighted by Gasteiger charge is 2.36. The molecule has 108 valence electrons. The molecule has 0 bridgehead atoms. The molecule has 3 heteroatoms. The first-order valence-electron chi connectivity index (χ1n) is 7.57. The molecule has 0 spiro atoms. The predicted octanol–water partition coefficient (Wildman–Crippen LogP) is 4.96.